The highest BCUT2D eigenvalue weighted by Gasteiger charge is 2.20. The summed E-state index contributed by atoms with van der Waals surface area (Å²) < 4.78 is 23.0. The Morgan fingerprint density at radius 2 is 1.96 bits per heavy atom. The second kappa shape index (κ2) is 11.3. The zero-order valence-electron chi connectivity index (χ0n) is 17.4. The highest BCUT2D eigenvalue weighted by atomic mass is 32.2. The molecule has 0 bridgehead atoms. The van der Waals surface area contributed by atoms with E-state index in [0.29, 0.717) is 19.6 Å². The molecule has 0 amide bonds. The third-order valence-electron chi connectivity index (χ3n) is 4.89. The summed E-state index contributed by atoms with van der Waals surface area (Å²) in [6.45, 7) is 12.5. The standard InChI is InChI=1S/C20H35N5O2S/c1-4-21-20(22-9-11-24-13-15-28(26,27)16-14-24)23-10-12-25(5-2)19-8-6-7-18(3)17-19/h6-8,17H,4-5,9-16H2,1-3H3,(H2,21,22,23). The van der Waals surface area contributed by atoms with Gasteiger partial charge in [-0.1, -0.05) is 12.1 Å². The van der Waals surface area contributed by atoms with Crippen molar-refractivity contribution in [3.63, 3.8) is 0 Å². The molecule has 158 valence electrons. The number of sulfone groups is 1. The van der Waals surface area contributed by atoms with Crippen LogP contribution in [0.2, 0.25) is 0 Å². The van der Waals surface area contributed by atoms with Gasteiger partial charge in [-0.3, -0.25) is 9.89 Å². The van der Waals surface area contributed by atoms with E-state index in [2.05, 4.69) is 70.5 Å². The molecule has 0 aliphatic carbocycles. The molecule has 1 aromatic rings. The fraction of sp³-hybridized carbons (Fsp3) is 0.650. The average molecular weight is 410 g/mol. The van der Waals surface area contributed by atoms with Crippen molar-refractivity contribution in [1.82, 2.24) is 15.5 Å². The van der Waals surface area contributed by atoms with Gasteiger partial charge in [-0.05, 0) is 38.5 Å². The van der Waals surface area contributed by atoms with Crippen molar-refractivity contribution >= 4 is 21.5 Å². The van der Waals surface area contributed by atoms with Crippen LogP contribution < -0.4 is 15.5 Å². The minimum Gasteiger partial charge on any atom is -0.370 e. The summed E-state index contributed by atoms with van der Waals surface area (Å²) in [7, 11) is -2.82. The van der Waals surface area contributed by atoms with Crippen LogP contribution in [0, 0.1) is 6.92 Å². The predicted molar refractivity (Wildman–Crippen MR) is 118 cm³/mol. The number of anilines is 1. The van der Waals surface area contributed by atoms with Crippen LogP contribution in [-0.2, 0) is 9.84 Å². The van der Waals surface area contributed by atoms with Crippen LogP contribution in [0.1, 0.15) is 19.4 Å². The van der Waals surface area contributed by atoms with E-state index in [4.69, 9.17) is 0 Å². The lowest BCUT2D eigenvalue weighted by molar-refractivity contribution is 0.304. The molecule has 1 aromatic carbocycles. The van der Waals surface area contributed by atoms with E-state index in [9.17, 15) is 8.42 Å². The van der Waals surface area contributed by atoms with Gasteiger partial charge in [0.15, 0.2) is 15.8 Å². The number of hydrogen-bond acceptors (Lipinski definition) is 5. The first-order chi connectivity index (χ1) is 13.4. The highest BCUT2D eigenvalue weighted by Crippen LogP contribution is 2.14. The molecule has 0 unspecified atom stereocenters. The SMILES string of the molecule is CCNC(=NCCN1CCS(=O)(=O)CC1)NCCN(CC)c1cccc(C)c1. The predicted octanol–water partition coefficient (Wildman–Crippen LogP) is 1.11. The number of rotatable bonds is 9. The summed E-state index contributed by atoms with van der Waals surface area (Å²) in [4.78, 5) is 9.15. The summed E-state index contributed by atoms with van der Waals surface area (Å²) >= 11 is 0. The van der Waals surface area contributed by atoms with Crippen molar-refractivity contribution in [2.75, 3.05) is 68.8 Å². The first kappa shape index (κ1) is 22.5. The molecule has 28 heavy (non-hydrogen) atoms. The average Bonchev–Trinajstić information content (AvgIpc) is 2.66. The smallest absolute Gasteiger partial charge is 0.191 e. The van der Waals surface area contributed by atoms with Crippen LogP contribution in [-0.4, -0.2) is 83.1 Å². The minimum atomic E-state index is -2.82. The van der Waals surface area contributed by atoms with Gasteiger partial charge in [-0.15, -0.1) is 0 Å². The van der Waals surface area contributed by atoms with Gasteiger partial charge in [0.1, 0.15) is 0 Å². The Hall–Kier alpha value is -1.80. The van der Waals surface area contributed by atoms with Gasteiger partial charge in [0.2, 0.25) is 0 Å². The molecule has 0 saturated carbocycles. The largest absolute Gasteiger partial charge is 0.370 e. The van der Waals surface area contributed by atoms with Crippen LogP contribution in [0.3, 0.4) is 0 Å². The lowest BCUT2D eigenvalue weighted by Gasteiger charge is -2.26. The molecule has 1 heterocycles. The molecule has 1 aliphatic rings. The van der Waals surface area contributed by atoms with Crippen molar-refractivity contribution in [2.24, 2.45) is 4.99 Å². The van der Waals surface area contributed by atoms with Gasteiger partial charge >= 0.3 is 0 Å². The zero-order valence-corrected chi connectivity index (χ0v) is 18.3. The van der Waals surface area contributed by atoms with Gasteiger partial charge in [0.05, 0.1) is 18.1 Å². The van der Waals surface area contributed by atoms with Crippen molar-refractivity contribution < 1.29 is 8.42 Å². The van der Waals surface area contributed by atoms with Crippen molar-refractivity contribution in [1.29, 1.82) is 0 Å². The number of aliphatic imine (C=N–C) groups is 1. The lowest BCUT2D eigenvalue weighted by atomic mass is 10.2. The number of nitrogens with zero attached hydrogens (tertiary/aromatic N) is 3. The molecule has 0 radical (unpaired) electrons. The van der Waals surface area contributed by atoms with E-state index < -0.39 is 9.84 Å². The van der Waals surface area contributed by atoms with E-state index in [1.165, 1.54) is 11.3 Å². The Balaban J connectivity index is 1.78. The van der Waals surface area contributed by atoms with Gasteiger partial charge in [0.25, 0.3) is 0 Å². The molecule has 1 saturated heterocycles. The molecule has 0 aromatic heterocycles. The van der Waals surface area contributed by atoms with Gasteiger partial charge in [-0.25, -0.2) is 8.42 Å². The molecule has 2 rings (SSSR count). The number of likely N-dealkylation sites (N-methyl/N-ethyl adjacent to an activating group) is 1. The van der Waals surface area contributed by atoms with E-state index >= 15 is 0 Å². The third-order valence-corrected chi connectivity index (χ3v) is 6.50. The Bertz CT molecular complexity index is 722. The molecular weight excluding hydrogens is 374 g/mol. The highest BCUT2D eigenvalue weighted by molar-refractivity contribution is 7.91. The quantitative estimate of drug-likeness (QED) is 0.470. The minimum absolute atomic E-state index is 0.265. The summed E-state index contributed by atoms with van der Waals surface area (Å²) in [5.74, 6) is 1.34. The Morgan fingerprint density at radius 3 is 2.61 bits per heavy atom. The normalized spacial score (nSPS) is 17.3. The molecule has 0 spiro atoms. The number of hydrogen-bond donors (Lipinski definition) is 2. The number of nitrogens with one attached hydrogen (secondary N) is 2. The molecular formula is C20H35N5O2S. The number of benzene rings is 1. The molecule has 1 aliphatic heterocycles. The summed E-state index contributed by atoms with van der Waals surface area (Å²) in [6.07, 6.45) is 0. The van der Waals surface area contributed by atoms with E-state index in [1.807, 2.05) is 0 Å². The maximum absolute atomic E-state index is 11.5. The summed E-state index contributed by atoms with van der Waals surface area (Å²) in [5, 5.41) is 6.68. The maximum atomic E-state index is 11.5. The van der Waals surface area contributed by atoms with E-state index in [0.717, 1.165) is 38.7 Å². The second-order valence-corrected chi connectivity index (χ2v) is 9.40. The molecule has 0 atom stereocenters. The maximum Gasteiger partial charge on any atom is 0.191 e. The molecule has 2 N–H and O–H groups in total. The van der Waals surface area contributed by atoms with E-state index in [-0.39, 0.29) is 11.5 Å². The summed E-state index contributed by atoms with van der Waals surface area (Å²) in [6, 6.07) is 8.57. The Morgan fingerprint density at radius 1 is 1.21 bits per heavy atom. The second-order valence-electron chi connectivity index (χ2n) is 7.10. The zero-order chi connectivity index (χ0) is 20.4. The van der Waals surface area contributed by atoms with Crippen LogP contribution >= 0.6 is 0 Å². The first-order valence-corrected chi connectivity index (χ1v) is 12.0. The van der Waals surface area contributed by atoms with Crippen LogP contribution in [0.15, 0.2) is 29.3 Å². The van der Waals surface area contributed by atoms with Crippen LogP contribution in [0.4, 0.5) is 5.69 Å². The number of guanidine groups is 1. The fourth-order valence-corrected chi connectivity index (χ4v) is 4.50. The topological polar surface area (TPSA) is 77.0 Å². The molecule has 7 nitrogen and oxygen atoms in total. The Labute approximate surface area is 170 Å². The van der Waals surface area contributed by atoms with Gasteiger partial charge in [0, 0.05) is 51.5 Å². The lowest BCUT2D eigenvalue weighted by Crippen LogP contribution is -2.43. The Kier molecular flexibility index (Phi) is 9.05. The number of aryl methyl sites for hydroxylation is 1. The van der Waals surface area contributed by atoms with Crippen LogP contribution in [0.5, 0.6) is 0 Å². The fourth-order valence-electron chi connectivity index (χ4n) is 3.22. The third kappa shape index (κ3) is 7.67. The first-order valence-electron chi connectivity index (χ1n) is 10.2. The van der Waals surface area contributed by atoms with Gasteiger partial charge in [-0.2, -0.15) is 0 Å². The molecule has 1 fully saturated rings. The van der Waals surface area contributed by atoms with Crippen molar-refractivity contribution in [3.8, 4) is 0 Å². The summed E-state index contributed by atoms with van der Waals surface area (Å²) in [5.41, 5.74) is 2.51. The monoisotopic (exact) mass is 409 g/mol. The van der Waals surface area contributed by atoms with Crippen molar-refractivity contribution in [2.45, 2.75) is 20.8 Å². The van der Waals surface area contributed by atoms with Crippen molar-refractivity contribution in [3.05, 3.63) is 29.8 Å². The van der Waals surface area contributed by atoms with E-state index in [1.54, 1.807) is 0 Å². The molecule has 8 heteroatoms. The van der Waals surface area contributed by atoms with Gasteiger partial charge < -0.3 is 15.5 Å². The van der Waals surface area contributed by atoms with Crippen LogP contribution in [0.25, 0.3) is 0 Å².